The van der Waals surface area contributed by atoms with E-state index >= 15 is 0 Å². The Morgan fingerprint density at radius 2 is 0.938 bits per heavy atom. The molecule has 9 aromatic rings. The molecule has 0 bridgehead atoms. The van der Waals surface area contributed by atoms with E-state index in [4.69, 9.17) is 0 Å². The van der Waals surface area contributed by atoms with Gasteiger partial charge in [0.25, 0.3) is 0 Å². The molecule has 0 spiro atoms. The molecule has 2 aromatic heterocycles. The maximum Gasteiger partial charge on any atom is 0.0560 e. The Kier molecular flexibility index (Phi) is 6.04. The lowest BCUT2D eigenvalue weighted by atomic mass is 9.91. The minimum Gasteiger partial charge on any atom is -0.333 e. The highest BCUT2D eigenvalue weighted by molar-refractivity contribution is 6.13. The van der Waals surface area contributed by atoms with Crippen molar-refractivity contribution in [2.75, 3.05) is 0 Å². The van der Waals surface area contributed by atoms with Gasteiger partial charge in [-0.15, -0.1) is 0 Å². The molecule has 7 aromatic carbocycles. The maximum absolute atomic E-state index is 2.51. The average molecular weight is 613 g/mol. The normalized spacial score (nSPS) is 14.6. The number of benzene rings is 7. The molecule has 2 heterocycles. The lowest BCUT2D eigenvalue weighted by Crippen LogP contribution is -2.06. The summed E-state index contributed by atoms with van der Waals surface area (Å²) in [6, 6.07) is 56.1. The number of fused-ring (bicyclic) bond motifs is 7. The fraction of sp³-hybridized carbons (Fsp3) is 0.0435. The first-order valence-electron chi connectivity index (χ1n) is 16.8. The van der Waals surface area contributed by atoms with Gasteiger partial charge in [0.2, 0.25) is 0 Å². The van der Waals surface area contributed by atoms with Gasteiger partial charge in [-0.3, -0.25) is 0 Å². The number of allylic oxidation sites excluding steroid dienone is 4. The molecular formula is C46H32N2. The quantitative estimate of drug-likeness (QED) is 0.187. The van der Waals surface area contributed by atoms with E-state index in [0.717, 1.165) is 6.42 Å². The summed E-state index contributed by atoms with van der Waals surface area (Å²) >= 11 is 0. The van der Waals surface area contributed by atoms with Crippen LogP contribution in [0.1, 0.15) is 12.5 Å². The number of hydrogen-bond acceptors (Lipinski definition) is 0. The Balaban J connectivity index is 1.14. The van der Waals surface area contributed by atoms with Crippen molar-refractivity contribution in [3.8, 4) is 27.9 Å². The molecule has 0 N–H and O–H groups in total. The topological polar surface area (TPSA) is 9.86 Å². The van der Waals surface area contributed by atoms with Crippen LogP contribution in [0.5, 0.6) is 0 Å². The summed E-state index contributed by atoms with van der Waals surface area (Å²) in [6.45, 7) is 0. The van der Waals surface area contributed by atoms with E-state index < -0.39 is 0 Å². The first-order chi connectivity index (χ1) is 23.8. The third-order valence-corrected chi connectivity index (χ3v) is 10.2. The van der Waals surface area contributed by atoms with Gasteiger partial charge in [-0.1, -0.05) is 127 Å². The Bertz CT molecular complexity index is 2750. The second kappa shape index (κ2) is 10.7. The number of nitrogens with zero attached hydrogens (tertiary/aromatic N) is 2. The van der Waals surface area contributed by atoms with Gasteiger partial charge in [0.1, 0.15) is 0 Å². The maximum atomic E-state index is 2.51. The summed E-state index contributed by atoms with van der Waals surface area (Å²) in [5.74, 6) is 0. The number of aromatic nitrogens is 2. The molecule has 1 atom stereocenters. The first kappa shape index (κ1) is 27.0. The zero-order valence-electron chi connectivity index (χ0n) is 26.4. The number of hydrogen-bond donors (Lipinski definition) is 0. The highest BCUT2D eigenvalue weighted by atomic mass is 15.0. The third-order valence-electron chi connectivity index (χ3n) is 10.2. The monoisotopic (exact) mass is 612 g/mol. The molecule has 0 fully saturated rings. The predicted octanol–water partition coefficient (Wildman–Crippen LogP) is 12.4. The summed E-state index contributed by atoms with van der Waals surface area (Å²) in [7, 11) is 0. The second-order valence-electron chi connectivity index (χ2n) is 12.9. The van der Waals surface area contributed by atoms with Crippen LogP contribution in [-0.2, 0) is 0 Å². The standard InChI is InChI=1S/C46H32N2/c1-3-13-33(14-4-1)47-43-21-11-9-19-39(43)41-29-31(23-27-45(41)47)35-25-26-36(38-18-8-7-17-37(35)38)32-24-28-46-42(30-32)40-20-10-12-22-44(40)48(46)34-15-5-2-6-16-34/h1-15,17-30,34H,16H2. The first-order valence-corrected chi connectivity index (χ1v) is 16.8. The van der Waals surface area contributed by atoms with Gasteiger partial charge in [0.05, 0.1) is 17.1 Å². The zero-order valence-corrected chi connectivity index (χ0v) is 26.4. The minimum atomic E-state index is 0.322. The minimum absolute atomic E-state index is 0.322. The van der Waals surface area contributed by atoms with E-state index in [9.17, 15) is 0 Å². The van der Waals surface area contributed by atoms with Crippen molar-refractivity contribution < 1.29 is 0 Å². The Labute approximate surface area is 279 Å². The fourth-order valence-electron chi connectivity index (χ4n) is 8.09. The molecule has 1 aliphatic rings. The average Bonchev–Trinajstić information content (AvgIpc) is 3.67. The van der Waals surface area contributed by atoms with Crippen LogP contribution in [0.2, 0.25) is 0 Å². The van der Waals surface area contributed by atoms with Gasteiger partial charge in [0.15, 0.2) is 0 Å². The van der Waals surface area contributed by atoms with Crippen LogP contribution in [0.25, 0.3) is 82.3 Å². The highest BCUT2D eigenvalue weighted by Crippen LogP contribution is 2.41. The van der Waals surface area contributed by atoms with Crippen molar-refractivity contribution in [1.82, 2.24) is 9.13 Å². The van der Waals surface area contributed by atoms with Crippen molar-refractivity contribution in [2.45, 2.75) is 12.5 Å². The van der Waals surface area contributed by atoms with Crippen LogP contribution < -0.4 is 0 Å². The molecule has 2 nitrogen and oxygen atoms in total. The molecule has 1 unspecified atom stereocenters. The largest absolute Gasteiger partial charge is 0.333 e. The van der Waals surface area contributed by atoms with E-state index in [0.29, 0.717) is 6.04 Å². The van der Waals surface area contributed by atoms with Crippen molar-refractivity contribution >= 4 is 54.4 Å². The SMILES string of the molecule is C1=CCC(n2c3ccccc3c3cc(-c4ccc(-c5ccc6c(c5)c5ccccc5n6-c5ccccc5)c5ccccc45)ccc32)C=C1. The predicted molar refractivity (Wildman–Crippen MR) is 204 cm³/mol. The second-order valence-corrected chi connectivity index (χ2v) is 12.9. The van der Waals surface area contributed by atoms with Gasteiger partial charge in [-0.2, -0.15) is 0 Å². The van der Waals surface area contributed by atoms with Crippen LogP contribution in [0.3, 0.4) is 0 Å². The fourth-order valence-corrected chi connectivity index (χ4v) is 8.09. The summed E-state index contributed by atoms with van der Waals surface area (Å²) in [5, 5.41) is 7.69. The van der Waals surface area contributed by atoms with Gasteiger partial charge < -0.3 is 9.13 Å². The summed E-state index contributed by atoms with van der Waals surface area (Å²) in [4.78, 5) is 0. The van der Waals surface area contributed by atoms with Crippen LogP contribution in [0.4, 0.5) is 0 Å². The Morgan fingerprint density at radius 3 is 1.60 bits per heavy atom. The summed E-state index contributed by atoms with van der Waals surface area (Å²) in [5.41, 5.74) is 11.2. The van der Waals surface area contributed by atoms with Crippen LogP contribution >= 0.6 is 0 Å². The summed E-state index contributed by atoms with van der Waals surface area (Å²) in [6.07, 6.45) is 9.93. The number of para-hydroxylation sites is 3. The van der Waals surface area contributed by atoms with Crippen molar-refractivity contribution in [1.29, 1.82) is 0 Å². The van der Waals surface area contributed by atoms with Crippen molar-refractivity contribution in [3.05, 3.63) is 176 Å². The van der Waals surface area contributed by atoms with E-state index in [2.05, 4.69) is 185 Å². The van der Waals surface area contributed by atoms with Gasteiger partial charge in [-0.25, -0.2) is 0 Å². The van der Waals surface area contributed by atoms with Crippen LogP contribution in [0, 0.1) is 0 Å². The van der Waals surface area contributed by atoms with Gasteiger partial charge in [-0.05, 0) is 88.0 Å². The lowest BCUT2D eigenvalue weighted by molar-refractivity contribution is 0.648. The Morgan fingerprint density at radius 1 is 0.417 bits per heavy atom. The molecule has 0 saturated carbocycles. The molecule has 0 saturated heterocycles. The van der Waals surface area contributed by atoms with Crippen LogP contribution in [-0.4, -0.2) is 9.13 Å². The zero-order chi connectivity index (χ0) is 31.6. The third kappa shape index (κ3) is 4.06. The van der Waals surface area contributed by atoms with Gasteiger partial charge >= 0.3 is 0 Å². The molecule has 2 heteroatoms. The van der Waals surface area contributed by atoms with Gasteiger partial charge in [0, 0.05) is 38.3 Å². The Hall–Kier alpha value is -6.12. The molecule has 226 valence electrons. The van der Waals surface area contributed by atoms with E-state index in [-0.39, 0.29) is 0 Å². The molecule has 1 aliphatic carbocycles. The smallest absolute Gasteiger partial charge is 0.0560 e. The van der Waals surface area contributed by atoms with Crippen molar-refractivity contribution in [2.24, 2.45) is 0 Å². The number of rotatable bonds is 4. The van der Waals surface area contributed by atoms with E-state index in [1.54, 1.807) is 0 Å². The molecular weight excluding hydrogens is 581 g/mol. The lowest BCUT2D eigenvalue weighted by Gasteiger charge is -2.18. The van der Waals surface area contributed by atoms with E-state index in [1.807, 2.05) is 0 Å². The van der Waals surface area contributed by atoms with Crippen LogP contribution in [0.15, 0.2) is 176 Å². The molecule has 48 heavy (non-hydrogen) atoms. The van der Waals surface area contributed by atoms with E-state index in [1.165, 1.54) is 82.3 Å². The molecule has 0 amide bonds. The molecule has 0 radical (unpaired) electrons. The highest BCUT2D eigenvalue weighted by Gasteiger charge is 2.19. The summed E-state index contributed by atoms with van der Waals surface area (Å²) < 4.78 is 4.89. The van der Waals surface area contributed by atoms with Crippen molar-refractivity contribution in [3.63, 3.8) is 0 Å². The molecule has 0 aliphatic heterocycles. The molecule has 10 rings (SSSR count).